The number of hydrogen-bond donors (Lipinski definition) is 0. The monoisotopic (exact) mass is 352 g/mol. The van der Waals surface area contributed by atoms with Crippen LogP contribution < -0.4 is 4.90 Å². The van der Waals surface area contributed by atoms with Crippen molar-refractivity contribution in [3.05, 3.63) is 70.1 Å². The fourth-order valence-corrected chi connectivity index (χ4v) is 3.45. The largest absolute Gasteiger partial charge is 0.378 e. The Labute approximate surface area is 152 Å². The molecule has 1 aliphatic rings. The van der Waals surface area contributed by atoms with Crippen LogP contribution in [0.1, 0.15) is 16.7 Å². The van der Waals surface area contributed by atoms with Crippen molar-refractivity contribution in [3.8, 4) is 0 Å². The van der Waals surface area contributed by atoms with Crippen molar-refractivity contribution in [2.75, 3.05) is 19.0 Å². The smallest absolute Gasteiger partial charge is 0.293 e. The lowest BCUT2D eigenvalue weighted by Crippen LogP contribution is -2.27. The van der Waals surface area contributed by atoms with E-state index >= 15 is 0 Å². The van der Waals surface area contributed by atoms with Crippen LogP contribution in [0.5, 0.6) is 0 Å². The number of amides is 2. The van der Waals surface area contributed by atoms with E-state index in [1.165, 1.54) is 4.90 Å². The Morgan fingerprint density at radius 3 is 2.36 bits per heavy atom. The van der Waals surface area contributed by atoms with Gasteiger partial charge in [0.05, 0.1) is 11.4 Å². The topological polar surface area (TPSA) is 40.6 Å². The summed E-state index contributed by atoms with van der Waals surface area (Å²) in [5.74, 6) is -0.227. The van der Waals surface area contributed by atoms with Crippen molar-refractivity contribution in [3.63, 3.8) is 0 Å². The lowest BCUT2D eigenvalue weighted by Gasteiger charge is -2.14. The first-order valence-electron chi connectivity index (χ1n) is 8.03. The summed E-state index contributed by atoms with van der Waals surface area (Å²) < 4.78 is 0. The van der Waals surface area contributed by atoms with E-state index in [0.29, 0.717) is 11.4 Å². The minimum Gasteiger partial charge on any atom is -0.378 e. The van der Waals surface area contributed by atoms with Crippen LogP contribution in [-0.4, -0.2) is 30.1 Å². The van der Waals surface area contributed by atoms with Gasteiger partial charge in [-0.2, -0.15) is 0 Å². The zero-order valence-electron chi connectivity index (χ0n) is 14.5. The highest BCUT2D eigenvalue weighted by molar-refractivity contribution is 8.18. The number of nitrogens with zero attached hydrogens (tertiary/aromatic N) is 2. The molecule has 1 aliphatic heterocycles. The van der Waals surface area contributed by atoms with Gasteiger partial charge < -0.3 is 4.90 Å². The lowest BCUT2D eigenvalue weighted by molar-refractivity contribution is -0.123. The average Bonchev–Trinajstić information content (AvgIpc) is 2.85. The van der Waals surface area contributed by atoms with Crippen LogP contribution in [0.3, 0.4) is 0 Å². The average molecular weight is 352 g/mol. The zero-order chi connectivity index (χ0) is 18.0. The van der Waals surface area contributed by atoms with E-state index in [0.717, 1.165) is 34.1 Å². The van der Waals surface area contributed by atoms with Crippen LogP contribution in [-0.2, 0) is 11.3 Å². The van der Waals surface area contributed by atoms with Crippen LogP contribution in [0.15, 0.2) is 53.4 Å². The third kappa shape index (κ3) is 3.77. The molecule has 0 bridgehead atoms. The summed E-state index contributed by atoms with van der Waals surface area (Å²) in [6, 6.07) is 15.7. The SMILES string of the molecule is Cc1ccccc1CN1C(=O)S/C(=C\c2ccc(N(C)C)cc2)C1=O. The van der Waals surface area contributed by atoms with E-state index in [1.807, 2.05) is 74.4 Å². The van der Waals surface area contributed by atoms with Gasteiger partial charge >= 0.3 is 0 Å². The van der Waals surface area contributed by atoms with Gasteiger partial charge in [-0.1, -0.05) is 36.4 Å². The fraction of sp³-hybridized carbons (Fsp3) is 0.200. The molecule has 1 fully saturated rings. The van der Waals surface area contributed by atoms with E-state index < -0.39 is 0 Å². The van der Waals surface area contributed by atoms with Crippen LogP contribution in [0.2, 0.25) is 0 Å². The summed E-state index contributed by atoms with van der Waals surface area (Å²) in [5.41, 5.74) is 4.06. The van der Waals surface area contributed by atoms with Crippen LogP contribution in [0, 0.1) is 6.92 Å². The molecular weight excluding hydrogens is 332 g/mol. The Morgan fingerprint density at radius 2 is 1.72 bits per heavy atom. The maximum atomic E-state index is 12.6. The van der Waals surface area contributed by atoms with E-state index in [1.54, 1.807) is 6.08 Å². The molecule has 0 aromatic heterocycles. The third-order valence-corrected chi connectivity index (χ3v) is 5.08. The fourth-order valence-electron chi connectivity index (χ4n) is 2.61. The second-order valence-electron chi connectivity index (χ2n) is 6.18. The molecule has 2 amide bonds. The molecule has 25 heavy (non-hydrogen) atoms. The third-order valence-electron chi connectivity index (χ3n) is 4.17. The molecule has 1 saturated heterocycles. The Balaban J connectivity index is 1.79. The van der Waals surface area contributed by atoms with Crippen molar-refractivity contribution in [1.29, 1.82) is 0 Å². The maximum Gasteiger partial charge on any atom is 0.293 e. The summed E-state index contributed by atoms with van der Waals surface area (Å²) >= 11 is 1.00. The number of carbonyl (C=O) groups is 2. The van der Waals surface area contributed by atoms with Gasteiger partial charge in [-0.15, -0.1) is 0 Å². The second kappa shape index (κ2) is 7.15. The zero-order valence-corrected chi connectivity index (χ0v) is 15.3. The van der Waals surface area contributed by atoms with Gasteiger partial charge in [0.25, 0.3) is 11.1 Å². The van der Waals surface area contributed by atoms with Gasteiger partial charge in [-0.3, -0.25) is 14.5 Å². The Kier molecular flexibility index (Phi) is 4.95. The van der Waals surface area contributed by atoms with Crippen LogP contribution in [0.25, 0.3) is 6.08 Å². The molecule has 0 N–H and O–H groups in total. The van der Waals surface area contributed by atoms with E-state index in [2.05, 4.69) is 0 Å². The molecule has 128 valence electrons. The summed E-state index contributed by atoms with van der Waals surface area (Å²) in [4.78, 5) is 28.7. The summed E-state index contributed by atoms with van der Waals surface area (Å²) in [7, 11) is 3.96. The Bertz CT molecular complexity index is 841. The molecule has 0 saturated carbocycles. The molecule has 3 rings (SSSR count). The van der Waals surface area contributed by atoms with Gasteiger partial charge in [0.15, 0.2) is 0 Å². The molecule has 5 heteroatoms. The molecular formula is C20H20N2O2S. The number of rotatable bonds is 4. The van der Waals surface area contributed by atoms with E-state index in [4.69, 9.17) is 0 Å². The number of aryl methyl sites for hydroxylation is 1. The number of carbonyl (C=O) groups excluding carboxylic acids is 2. The summed E-state index contributed by atoms with van der Waals surface area (Å²) in [5, 5.41) is -0.218. The summed E-state index contributed by atoms with van der Waals surface area (Å²) in [6.07, 6.45) is 1.78. The highest BCUT2D eigenvalue weighted by atomic mass is 32.2. The molecule has 2 aromatic rings. The predicted molar refractivity (Wildman–Crippen MR) is 103 cm³/mol. The minimum absolute atomic E-state index is 0.218. The molecule has 0 atom stereocenters. The molecule has 4 nitrogen and oxygen atoms in total. The maximum absolute atomic E-state index is 12.6. The van der Waals surface area contributed by atoms with Crippen molar-refractivity contribution >= 4 is 34.7 Å². The van der Waals surface area contributed by atoms with Gasteiger partial charge in [0, 0.05) is 19.8 Å². The van der Waals surface area contributed by atoms with Crippen LogP contribution >= 0.6 is 11.8 Å². The quantitative estimate of drug-likeness (QED) is 0.770. The first kappa shape index (κ1) is 17.3. The van der Waals surface area contributed by atoms with Crippen molar-refractivity contribution in [2.45, 2.75) is 13.5 Å². The first-order valence-corrected chi connectivity index (χ1v) is 8.84. The lowest BCUT2D eigenvalue weighted by atomic mass is 10.1. The highest BCUT2D eigenvalue weighted by Gasteiger charge is 2.35. The first-order chi connectivity index (χ1) is 12.0. The minimum atomic E-state index is -0.227. The second-order valence-corrected chi connectivity index (χ2v) is 7.17. The Morgan fingerprint density at radius 1 is 1.04 bits per heavy atom. The molecule has 0 radical (unpaired) electrons. The summed E-state index contributed by atoms with van der Waals surface area (Å²) in [6.45, 7) is 2.30. The van der Waals surface area contributed by atoms with Gasteiger partial charge in [0.1, 0.15) is 0 Å². The molecule has 1 heterocycles. The normalized spacial score (nSPS) is 16.0. The van der Waals surface area contributed by atoms with Gasteiger partial charge in [0.2, 0.25) is 0 Å². The number of anilines is 1. The number of benzene rings is 2. The van der Waals surface area contributed by atoms with Gasteiger partial charge in [-0.25, -0.2) is 0 Å². The highest BCUT2D eigenvalue weighted by Crippen LogP contribution is 2.33. The van der Waals surface area contributed by atoms with Crippen molar-refractivity contribution < 1.29 is 9.59 Å². The molecule has 0 unspecified atom stereocenters. The van der Waals surface area contributed by atoms with Crippen molar-refractivity contribution in [1.82, 2.24) is 4.90 Å². The number of imide groups is 1. The van der Waals surface area contributed by atoms with Gasteiger partial charge in [-0.05, 0) is 53.6 Å². The molecule has 2 aromatic carbocycles. The standard InChI is InChI=1S/C20H20N2O2S/c1-14-6-4-5-7-16(14)13-22-19(23)18(25-20(22)24)12-15-8-10-17(11-9-15)21(2)3/h4-12H,13H2,1-3H3/b18-12-. The Hall–Kier alpha value is -2.53. The van der Waals surface area contributed by atoms with E-state index in [-0.39, 0.29) is 11.1 Å². The van der Waals surface area contributed by atoms with Crippen LogP contribution in [0.4, 0.5) is 10.5 Å². The number of thioether (sulfide) groups is 1. The van der Waals surface area contributed by atoms with E-state index in [9.17, 15) is 9.59 Å². The number of hydrogen-bond acceptors (Lipinski definition) is 4. The predicted octanol–water partition coefficient (Wildman–Crippen LogP) is 4.30. The molecule has 0 aliphatic carbocycles. The molecule has 0 spiro atoms. The van der Waals surface area contributed by atoms with Crippen molar-refractivity contribution in [2.24, 2.45) is 0 Å².